The molecule has 1 aliphatic rings. The summed E-state index contributed by atoms with van der Waals surface area (Å²) in [7, 11) is 3.33. The van der Waals surface area contributed by atoms with Gasteiger partial charge in [0.25, 0.3) is 0 Å². The van der Waals surface area contributed by atoms with Gasteiger partial charge in [0, 0.05) is 17.0 Å². The highest BCUT2D eigenvalue weighted by molar-refractivity contribution is 8.14. The van der Waals surface area contributed by atoms with Crippen LogP contribution in [0.4, 0.5) is 0 Å². The molecule has 0 bridgehead atoms. The molecule has 1 aliphatic heterocycles. The van der Waals surface area contributed by atoms with Gasteiger partial charge in [0.05, 0.1) is 14.2 Å². The highest BCUT2D eigenvalue weighted by Gasteiger charge is 2.19. The van der Waals surface area contributed by atoms with Gasteiger partial charge in [-0.15, -0.1) is 0 Å². The lowest BCUT2D eigenvalue weighted by molar-refractivity contribution is 0.354. The summed E-state index contributed by atoms with van der Waals surface area (Å²) in [5, 5.41) is 1.04. The first-order chi connectivity index (χ1) is 10.3. The zero-order valence-electron chi connectivity index (χ0n) is 12.1. The van der Waals surface area contributed by atoms with Gasteiger partial charge in [-0.2, -0.15) is 0 Å². The van der Waals surface area contributed by atoms with Crippen LogP contribution >= 0.6 is 11.8 Å². The maximum Gasteiger partial charge on any atom is 0.161 e. The van der Waals surface area contributed by atoms with Crippen LogP contribution in [0.1, 0.15) is 11.1 Å². The van der Waals surface area contributed by atoms with Crippen LogP contribution in [-0.4, -0.2) is 25.8 Å². The van der Waals surface area contributed by atoms with Crippen molar-refractivity contribution in [3.05, 3.63) is 53.6 Å². The highest BCUT2D eigenvalue weighted by Crippen LogP contribution is 2.35. The fourth-order valence-corrected chi connectivity index (χ4v) is 3.35. The van der Waals surface area contributed by atoms with E-state index in [1.54, 1.807) is 26.0 Å². The summed E-state index contributed by atoms with van der Waals surface area (Å²) in [5.41, 5.74) is 2.41. The van der Waals surface area contributed by atoms with E-state index in [0.29, 0.717) is 0 Å². The van der Waals surface area contributed by atoms with Crippen LogP contribution in [0.3, 0.4) is 0 Å². The summed E-state index contributed by atoms with van der Waals surface area (Å²) < 4.78 is 10.8. The number of thioether (sulfide) groups is 1. The quantitative estimate of drug-likeness (QED) is 0.863. The van der Waals surface area contributed by atoms with E-state index in [1.165, 1.54) is 10.5 Å². The first-order valence-electron chi connectivity index (χ1n) is 6.84. The van der Waals surface area contributed by atoms with Gasteiger partial charge >= 0.3 is 0 Å². The van der Waals surface area contributed by atoms with Crippen molar-refractivity contribution in [3.63, 3.8) is 0 Å². The van der Waals surface area contributed by atoms with E-state index in [-0.39, 0.29) is 0 Å². The number of hydrogen-bond acceptors (Lipinski definition) is 4. The number of nitrogens with zero attached hydrogens (tertiary/aromatic N) is 1. The minimum absolute atomic E-state index is 0.750. The molecule has 1 heterocycles. The molecule has 0 fully saturated rings. The van der Waals surface area contributed by atoms with Crippen LogP contribution in [0.15, 0.2) is 52.4 Å². The van der Waals surface area contributed by atoms with Crippen LogP contribution in [0.2, 0.25) is 0 Å². The molecule has 3 nitrogen and oxygen atoms in total. The molecule has 0 spiro atoms. The second-order valence-corrected chi connectivity index (χ2v) is 5.78. The summed E-state index contributed by atoms with van der Waals surface area (Å²) in [5.74, 6) is 1.53. The normalized spacial score (nSPS) is 13.3. The zero-order chi connectivity index (χ0) is 14.7. The van der Waals surface area contributed by atoms with Crippen molar-refractivity contribution in [1.29, 1.82) is 0 Å². The van der Waals surface area contributed by atoms with Crippen LogP contribution in [0, 0.1) is 0 Å². The number of aliphatic imine (C=N–C) groups is 1. The molecule has 0 unspecified atom stereocenters. The van der Waals surface area contributed by atoms with Gasteiger partial charge in [0.1, 0.15) is 5.04 Å². The van der Waals surface area contributed by atoms with Crippen molar-refractivity contribution >= 4 is 16.8 Å². The van der Waals surface area contributed by atoms with Crippen LogP contribution in [0.25, 0.3) is 0 Å². The molecule has 3 rings (SSSR count). The first-order valence-corrected chi connectivity index (χ1v) is 7.66. The van der Waals surface area contributed by atoms with Crippen molar-refractivity contribution < 1.29 is 9.47 Å². The Morgan fingerprint density at radius 2 is 1.71 bits per heavy atom. The number of hydrogen-bond donors (Lipinski definition) is 0. The summed E-state index contributed by atoms with van der Waals surface area (Å²) in [6.45, 7) is 0.817. The van der Waals surface area contributed by atoms with Crippen LogP contribution < -0.4 is 9.47 Å². The maximum atomic E-state index is 5.41. The zero-order valence-corrected chi connectivity index (χ0v) is 12.9. The number of rotatable bonds is 3. The molecule has 0 aromatic heterocycles. The lowest BCUT2D eigenvalue weighted by atomic mass is 10.0. The van der Waals surface area contributed by atoms with Gasteiger partial charge in [-0.25, -0.2) is 0 Å². The Bertz CT molecular complexity index is 668. The Hall–Kier alpha value is -1.94. The fraction of sp³-hybridized carbons (Fsp3) is 0.235. The van der Waals surface area contributed by atoms with E-state index in [9.17, 15) is 0 Å². The first kappa shape index (κ1) is 14.0. The largest absolute Gasteiger partial charge is 0.493 e. The van der Waals surface area contributed by atoms with Crippen molar-refractivity contribution in [3.8, 4) is 11.5 Å². The average molecular weight is 299 g/mol. The maximum absolute atomic E-state index is 5.41. The lowest BCUT2D eigenvalue weighted by Gasteiger charge is -2.19. The molecule has 0 saturated heterocycles. The lowest BCUT2D eigenvalue weighted by Crippen LogP contribution is -2.11. The monoisotopic (exact) mass is 299 g/mol. The molecule has 108 valence electrons. The second-order valence-electron chi connectivity index (χ2n) is 4.72. The minimum Gasteiger partial charge on any atom is -0.493 e. The van der Waals surface area contributed by atoms with Crippen molar-refractivity contribution in [2.24, 2.45) is 4.99 Å². The number of benzene rings is 2. The van der Waals surface area contributed by atoms with E-state index in [2.05, 4.69) is 23.2 Å². The molecule has 21 heavy (non-hydrogen) atoms. The Balaban J connectivity index is 1.97. The molecule has 4 heteroatoms. The second kappa shape index (κ2) is 6.22. The van der Waals surface area contributed by atoms with Crippen molar-refractivity contribution in [1.82, 2.24) is 0 Å². The number of ether oxygens (including phenoxy) is 2. The molecule has 2 aromatic rings. The Morgan fingerprint density at radius 1 is 1.00 bits per heavy atom. The third-order valence-electron chi connectivity index (χ3n) is 3.43. The van der Waals surface area contributed by atoms with E-state index < -0.39 is 0 Å². The summed E-state index contributed by atoms with van der Waals surface area (Å²) in [6, 6.07) is 14.4. The van der Waals surface area contributed by atoms with Gasteiger partial charge in [-0.1, -0.05) is 30.0 Å². The average Bonchev–Trinajstić information content (AvgIpc) is 2.55. The molecule has 0 atom stereocenters. The Morgan fingerprint density at radius 3 is 2.43 bits per heavy atom. The third kappa shape index (κ3) is 2.90. The highest BCUT2D eigenvalue weighted by atomic mass is 32.2. The van der Waals surface area contributed by atoms with Crippen LogP contribution in [0.5, 0.6) is 11.5 Å². The minimum atomic E-state index is 0.750. The van der Waals surface area contributed by atoms with Gasteiger partial charge in [0.15, 0.2) is 11.5 Å². The van der Waals surface area contributed by atoms with E-state index in [0.717, 1.165) is 35.1 Å². The molecule has 0 radical (unpaired) electrons. The van der Waals surface area contributed by atoms with E-state index in [1.807, 2.05) is 24.3 Å². The third-order valence-corrected chi connectivity index (χ3v) is 4.48. The molecule has 0 N–H and O–H groups in total. The standard InChI is InChI=1S/C17H17NO2S/c1-19-15-10-12-8-9-18-17(14(12)11-16(15)20-2)21-13-6-4-3-5-7-13/h3-7,10-11H,8-9H2,1-2H3. The van der Waals surface area contributed by atoms with Gasteiger partial charge in [0.2, 0.25) is 0 Å². The van der Waals surface area contributed by atoms with Crippen molar-refractivity contribution in [2.45, 2.75) is 11.3 Å². The number of methoxy groups -OCH3 is 2. The van der Waals surface area contributed by atoms with E-state index >= 15 is 0 Å². The van der Waals surface area contributed by atoms with Gasteiger partial charge < -0.3 is 9.47 Å². The molecule has 0 amide bonds. The molecule has 0 aliphatic carbocycles. The van der Waals surface area contributed by atoms with Gasteiger partial charge in [-0.3, -0.25) is 4.99 Å². The molecule has 0 saturated carbocycles. The SMILES string of the molecule is COc1cc2c(cc1OC)C(Sc1ccccc1)=NCC2. The van der Waals surface area contributed by atoms with Gasteiger partial charge in [-0.05, 0) is 36.2 Å². The predicted octanol–water partition coefficient (Wildman–Crippen LogP) is 3.80. The molecule has 2 aromatic carbocycles. The van der Waals surface area contributed by atoms with Crippen LogP contribution in [-0.2, 0) is 6.42 Å². The fourth-order valence-electron chi connectivity index (χ4n) is 2.38. The van der Waals surface area contributed by atoms with Crippen molar-refractivity contribution in [2.75, 3.05) is 20.8 Å². The Kier molecular flexibility index (Phi) is 4.15. The molecular formula is C17H17NO2S. The van der Waals surface area contributed by atoms with E-state index in [4.69, 9.17) is 9.47 Å². The Labute approximate surface area is 129 Å². The number of fused-ring (bicyclic) bond motifs is 1. The smallest absolute Gasteiger partial charge is 0.161 e. The summed E-state index contributed by atoms with van der Waals surface area (Å²) in [6.07, 6.45) is 0.939. The molecular weight excluding hydrogens is 282 g/mol. The summed E-state index contributed by atoms with van der Waals surface area (Å²) >= 11 is 1.69. The summed E-state index contributed by atoms with van der Waals surface area (Å²) in [4.78, 5) is 5.87. The topological polar surface area (TPSA) is 30.8 Å². The predicted molar refractivity (Wildman–Crippen MR) is 87.0 cm³/mol.